The minimum Gasteiger partial charge on any atom is -0.310 e. The molecule has 1 aromatic heterocycles. The van der Waals surface area contributed by atoms with Crippen LogP contribution in [0.25, 0.3) is 67.2 Å². The summed E-state index contributed by atoms with van der Waals surface area (Å²) in [6, 6.07) is 68.1. The van der Waals surface area contributed by atoms with Crippen molar-refractivity contribution in [3.63, 3.8) is 0 Å². The third-order valence-electron chi connectivity index (χ3n) is 9.92. The summed E-state index contributed by atoms with van der Waals surface area (Å²) in [7, 11) is 0. The van der Waals surface area contributed by atoms with Crippen LogP contribution in [-0.4, -0.2) is 15.0 Å². The molecule has 54 heavy (non-hydrogen) atoms. The van der Waals surface area contributed by atoms with Gasteiger partial charge in [0, 0.05) is 48.6 Å². The van der Waals surface area contributed by atoms with Gasteiger partial charge in [-0.05, 0) is 64.7 Å². The molecule has 0 saturated carbocycles. The van der Waals surface area contributed by atoms with E-state index in [1.807, 2.05) is 60.7 Å². The van der Waals surface area contributed by atoms with E-state index in [2.05, 4.69) is 138 Å². The SMILES string of the molecule is c1ccc(-c2ccc(N(c3ccccc3)c3ccc4c5c(cccc35)-c3cccc(-c5nc(-c6ccccc6)nc(-c6ccccc6)n5)c3S4)cc2)cc1. The first kappa shape index (κ1) is 31.9. The lowest BCUT2D eigenvalue weighted by molar-refractivity contribution is 1.07. The van der Waals surface area contributed by atoms with Crippen LogP contribution in [-0.2, 0) is 0 Å². The maximum absolute atomic E-state index is 5.10. The van der Waals surface area contributed by atoms with Crippen molar-refractivity contribution < 1.29 is 0 Å². The number of para-hydroxylation sites is 1. The van der Waals surface area contributed by atoms with Crippen molar-refractivity contribution in [1.29, 1.82) is 0 Å². The highest BCUT2D eigenvalue weighted by molar-refractivity contribution is 8.00. The predicted octanol–water partition coefficient (Wildman–Crippen LogP) is 13.3. The highest BCUT2D eigenvalue weighted by Crippen LogP contribution is 2.53. The summed E-state index contributed by atoms with van der Waals surface area (Å²) in [6.07, 6.45) is 0. The van der Waals surface area contributed by atoms with Crippen LogP contribution in [0.2, 0.25) is 0 Å². The zero-order valence-corrected chi connectivity index (χ0v) is 30.0. The van der Waals surface area contributed by atoms with Crippen LogP contribution in [0, 0.1) is 0 Å². The molecule has 0 radical (unpaired) electrons. The van der Waals surface area contributed by atoms with Gasteiger partial charge in [0.1, 0.15) is 0 Å². The van der Waals surface area contributed by atoms with Crippen molar-refractivity contribution in [3.05, 3.63) is 194 Å². The summed E-state index contributed by atoms with van der Waals surface area (Å²) >= 11 is 1.79. The van der Waals surface area contributed by atoms with Gasteiger partial charge in [0.05, 0.1) is 5.69 Å². The monoisotopic (exact) mass is 708 g/mol. The Hall–Kier alpha value is -6.82. The van der Waals surface area contributed by atoms with Gasteiger partial charge >= 0.3 is 0 Å². The quantitative estimate of drug-likeness (QED) is 0.165. The molecule has 8 aromatic carbocycles. The standard InChI is InChI=1S/C49H32N4S/c1-5-15-33(16-6-1)34-27-29-38(30-28-34)53(37-21-11-4-12-22-37)43-31-32-44-45-39(23-13-25-41(43)45)40-24-14-26-42(46(40)54-44)49-51-47(35-17-7-2-8-18-35)50-48(52-49)36-19-9-3-10-20-36/h1-32H. The molecular weight excluding hydrogens is 677 g/mol. The Morgan fingerprint density at radius 1 is 0.352 bits per heavy atom. The van der Waals surface area contributed by atoms with E-state index in [1.165, 1.54) is 37.9 Å². The Labute approximate surface area is 318 Å². The molecule has 0 N–H and O–H groups in total. The van der Waals surface area contributed by atoms with Crippen LogP contribution in [0.3, 0.4) is 0 Å². The number of anilines is 3. The fourth-order valence-corrected chi connectivity index (χ4v) is 8.61. The average Bonchev–Trinajstić information content (AvgIpc) is 3.26. The van der Waals surface area contributed by atoms with Gasteiger partial charge in [0.2, 0.25) is 0 Å². The number of rotatable bonds is 7. The molecule has 4 nitrogen and oxygen atoms in total. The Morgan fingerprint density at radius 3 is 1.50 bits per heavy atom. The Kier molecular flexibility index (Phi) is 8.04. The summed E-state index contributed by atoms with van der Waals surface area (Å²) in [4.78, 5) is 19.9. The van der Waals surface area contributed by atoms with Gasteiger partial charge in [-0.15, -0.1) is 0 Å². The third kappa shape index (κ3) is 5.72. The van der Waals surface area contributed by atoms with Gasteiger partial charge < -0.3 is 4.90 Å². The minimum absolute atomic E-state index is 0.655. The Bertz CT molecular complexity index is 2710. The molecule has 0 atom stereocenters. The highest BCUT2D eigenvalue weighted by atomic mass is 32.2. The molecule has 10 rings (SSSR count). The zero-order valence-electron chi connectivity index (χ0n) is 29.2. The minimum atomic E-state index is 0.655. The van der Waals surface area contributed by atoms with Gasteiger partial charge in [0.25, 0.3) is 0 Å². The van der Waals surface area contributed by atoms with Crippen LogP contribution < -0.4 is 4.90 Å². The molecule has 1 aliphatic heterocycles. The summed E-state index contributed by atoms with van der Waals surface area (Å²) in [6.45, 7) is 0. The lowest BCUT2D eigenvalue weighted by atomic mass is 9.94. The molecule has 5 heteroatoms. The molecule has 0 amide bonds. The third-order valence-corrected chi connectivity index (χ3v) is 11.1. The average molecular weight is 709 g/mol. The van der Waals surface area contributed by atoms with Crippen LogP contribution >= 0.6 is 11.8 Å². The molecule has 0 aliphatic carbocycles. The molecule has 0 fully saturated rings. The second-order valence-corrected chi connectivity index (χ2v) is 14.3. The van der Waals surface area contributed by atoms with E-state index in [-0.39, 0.29) is 0 Å². The van der Waals surface area contributed by atoms with Gasteiger partial charge in [0.15, 0.2) is 17.5 Å². The smallest absolute Gasteiger partial charge is 0.165 e. The predicted molar refractivity (Wildman–Crippen MR) is 223 cm³/mol. The molecule has 9 aromatic rings. The maximum Gasteiger partial charge on any atom is 0.165 e. The van der Waals surface area contributed by atoms with Gasteiger partial charge in [-0.1, -0.05) is 163 Å². The highest BCUT2D eigenvalue weighted by Gasteiger charge is 2.26. The largest absolute Gasteiger partial charge is 0.310 e. The number of nitrogens with zero attached hydrogens (tertiary/aromatic N) is 4. The fraction of sp³-hybridized carbons (Fsp3) is 0. The first-order valence-corrected chi connectivity index (χ1v) is 18.9. The van der Waals surface area contributed by atoms with Gasteiger partial charge in [-0.3, -0.25) is 0 Å². The van der Waals surface area contributed by atoms with E-state index in [0.717, 1.165) is 38.6 Å². The molecule has 0 unspecified atom stereocenters. The first-order valence-electron chi connectivity index (χ1n) is 18.0. The maximum atomic E-state index is 5.10. The zero-order chi connectivity index (χ0) is 35.8. The summed E-state index contributed by atoms with van der Waals surface area (Å²) in [5.74, 6) is 1.97. The van der Waals surface area contributed by atoms with Gasteiger partial charge in [-0.2, -0.15) is 0 Å². The molecule has 2 heterocycles. The topological polar surface area (TPSA) is 41.9 Å². The molecule has 0 saturated heterocycles. The van der Waals surface area contributed by atoms with E-state index >= 15 is 0 Å². The van der Waals surface area contributed by atoms with E-state index in [9.17, 15) is 0 Å². The molecule has 0 bridgehead atoms. The van der Waals surface area contributed by atoms with Crippen molar-refractivity contribution in [3.8, 4) is 56.4 Å². The molecule has 254 valence electrons. The summed E-state index contributed by atoms with van der Waals surface area (Å²) < 4.78 is 0. The summed E-state index contributed by atoms with van der Waals surface area (Å²) in [5.41, 5.74) is 11.0. The number of hydrogen-bond donors (Lipinski definition) is 0. The number of aromatic nitrogens is 3. The Balaban J connectivity index is 1.12. The number of benzene rings is 8. The van der Waals surface area contributed by atoms with Crippen molar-refractivity contribution in [1.82, 2.24) is 15.0 Å². The molecule has 0 spiro atoms. The van der Waals surface area contributed by atoms with Crippen molar-refractivity contribution in [2.45, 2.75) is 9.79 Å². The van der Waals surface area contributed by atoms with Crippen molar-refractivity contribution in [2.24, 2.45) is 0 Å². The van der Waals surface area contributed by atoms with Crippen LogP contribution in [0.15, 0.2) is 204 Å². The normalized spacial score (nSPS) is 11.6. The van der Waals surface area contributed by atoms with E-state index < -0.39 is 0 Å². The second-order valence-electron chi connectivity index (χ2n) is 13.2. The number of hydrogen-bond acceptors (Lipinski definition) is 5. The van der Waals surface area contributed by atoms with Crippen LogP contribution in [0.4, 0.5) is 17.1 Å². The fourth-order valence-electron chi connectivity index (χ4n) is 7.38. The lowest BCUT2D eigenvalue weighted by Gasteiger charge is -2.29. The first-order chi connectivity index (χ1) is 26.8. The van der Waals surface area contributed by atoms with Crippen LogP contribution in [0.1, 0.15) is 0 Å². The molecular formula is C49H32N4S. The van der Waals surface area contributed by atoms with E-state index in [4.69, 9.17) is 15.0 Å². The van der Waals surface area contributed by atoms with Crippen molar-refractivity contribution >= 4 is 39.6 Å². The van der Waals surface area contributed by atoms with Crippen molar-refractivity contribution in [2.75, 3.05) is 4.90 Å². The summed E-state index contributed by atoms with van der Waals surface area (Å²) in [5, 5.41) is 2.44. The van der Waals surface area contributed by atoms with Crippen LogP contribution in [0.5, 0.6) is 0 Å². The van der Waals surface area contributed by atoms with E-state index in [1.54, 1.807) is 11.8 Å². The van der Waals surface area contributed by atoms with E-state index in [0.29, 0.717) is 17.5 Å². The Morgan fingerprint density at radius 2 is 0.852 bits per heavy atom. The molecule has 1 aliphatic rings. The lowest BCUT2D eigenvalue weighted by Crippen LogP contribution is -2.11. The number of fused-ring (bicyclic) bond motifs is 2. The second kappa shape index (κ2) is 13.6. The van der Waals surface area contributed by atoms with Gasteiger partial charge in [-0.25, -0.2) is 15.0 Å².